The summed E-state index contributed by atoms with van der Waals surface area (Å²) in [4.78, 5) is 24.1. The molecular weight excluding hydrogens is 252 g/mol. The standard InChI is InChI=1S/C12H12N2O3S/c15-10-7-13-12(18)14(10)9(11(16)17)6-8-4-2-1-3-5-8/h1-5,9H,6-7H2,(H,13,18)(H,16,17)/t9-/m0/s1. The molecule has 18 heavy (non-hydrogen) atoms. The van der Waals surface area contributed by atoms with Crippen molar-refractivity contribution in [1.82, 2.24) is 10.2 Å². The van der Waals surface area contributed by atoms with Gasteiger partial charge in [0.25, 0.3) is 0 Å². The molecule has 1 aliphatic heterocycles. The van der Waals surface area contributed by atoms with Crippen LogP contribution in [0.5, 0.6) is 0 Å². The molecule has 0 saturated carbocycles. The minimum absolute atomic E-state index is 0.0669. The molecule has 1 aromatic rings. The van der Waals surface area contributed by atoms with Gasteiger partial charge in [-0.25, -0.2) is 4.79 Å². The molecule has 2 N–H and O–H groups in total. The summed E-state index contributed by atoms with van der Waals surface area (Å²) in [5.74, 6) is -1.36. The highest BCUT2D eigenvalue weighted by Crippen LogP contribution is 2.13. The molecule has 5 nitrogen and oxygen atoms in total. The maximum atomic E-state index is 11.6. The minimum Gasteiger partial charge on any atom is -0.480 e. The highest BCUT2D eigenvalue weighted by atomic mass is 32.1. The summed E-state index contributed by atoms with van der Waals surface area (Å²) in [6.45, 7) is 0.0669. The van der Waals surface area contributed by atoms with Crippen molar-refractivity contribution >= 4 is 29.2 Å². The number of nitrogens with one attached hydrogen (secondary N) is 1. The van der Waals surface area contributed by atoms with Crippen LogP contribution in [0, 0.1) is 0 Å². The molecule has 1 saturated heterocycles. The zero-order valence-electron chi connectivity index (χ0n) is 9.50. The topological polar surface area (TPSA) is 69.6 Å². The number of thiocarbonyl (C=S) groups is 1. The van der Waals surface area contributed by atoms with Crippen molar-refractivity contribution in [3.63, 3.8) is 0 Å². The number of benzene rings is 1. The SMILES string of the molecule is O=C(O)[C@H](Cc1ccccc1)N1C(=O)CNC1=S. The van der Waals surface area contributed by atoms with E-state index in [9.17, 15) is 14.7 Å². The van der Waals surface area contributed by atoms with E-state index in [-0.39, 0.29) is 24.0 Å². The molecule has 1 atom stereocenters. The summed E-state index contributed by atoms with van der Waals surface area (Å²) >= 11 is 4.96. The van der Waals surface area contributed by atoms with Gasteiger partial charge in [0.1, 0.15) is 6.04 Å². The molecule has 6 heteroatoms. The number of nitrogens with zero attached hydrogens (tertiary/aromatic N) is 1. The van der Waals surface area contributed by atoms with Crippen LogP contribution in [0.1, 0.15) is 5.56 Å². The second kappa shape index (κ2) is 5.14. The Bertz CT molecular complexity index is 473. The van der Waals surface area contributed by atoms with Crippen LogP contribution in [0.15, 0.2) is 30.3 Å². The summed E-state index contributed by atoms with van der Waals surface area (Å²) in [5, 5.41) is 12.1. The number of carboxylic acids is 1. The number of aliphatic carboxylic acids is 1. The lowest BCUT2D eigenvalue weighted by Crippen LogP contribution is -2.46. The first-order valence-electron chi connectivity index (χ1n) is 5.46. The molecule has 0 unspecified atom stereocenters. The molecule has 1 aromatic carbocycles. The Labute approximate surface area is 109 Å². The van der Waals surface area contributed by atoms with Gasteiger partial charge in [0.15, 0.2) is 5.11 Å². The largest absolute Gasteiger partial charge is 0.480 e. The number of hydrogen-bond acceptors (Lipinski definition) is 3. The van der Waals surface area contributed by atoms with Crippen LogP contribution < -0.4 is 5.32 Å². The molecule has 1 fully saturated rings. The fourth-order valence-corrected chi connectivity index (χ4v) is 2.18. The number of hydrogen-bond donors (Lipinski definition) is 2. The number of amides is 1. The maximum Gasteiger partial charge on any atom is 0.327 e. The van der Waals surface area contributed by atoms with E-state index in [2.05, 4.69) is 5.32 Å². The van der Waals surface area contributed by atoms with E-state index in [1.807, 2.05) is 30.3 Å². The third kappa shape index (κ3) is 2.48. The Balaban J connectivity index is 2.21. The van der Waals surface area contributed by atoms with Crippen LogP contribution in [-0.2, 0) is 16.0 Å². The molecule has 94 valence electrons. The Morgan fingerprint density at radius 2 is 2.11 bits per heavy atom. The third-order valence-electron chi connectivity index (χ3n) is 2.75. The van der Waals surface area contributed by atoms with Gasteiger partial charge in [0.2, 0.25) is 5.91 Å². The summed E-state index contributed by atoms with van der Waals surface area (Å²) in [6.07, 6.45) is 0.240. The first-order valence-corrected chi connectivity index (χ1v) is 5.87. The van der Waals surface area contributed by atoms with Crippen molar-refractivity contribution in [3.05, 3.63) is 35.9 Å². The zero-order valence-corrected chi connectivity index (χ0v) is 10.3. The Morgan fingerprint density at radius 1 is 1.44 bits per heavy atom. The zero-order chi connectivity index (χ0) is 13.1. The van der Waals surface area contributed by atoms with E-state index in [0.717, 1.165) is 10.5 Å². The lowest BCUT2D eigenvalue weighted by molar-refractivity contribution is -0.145. The Kier molecular flexibility index (Phi) is 3.57. The van der Waals surface area contributed by atoms with Gasteiger partial charge in [-0.05, 0) is 17.8 Å². The normalized spacial score (nSPS) is 16.6. The number of carbonyl (C=O) groups excluding carboxylic acids is 1. The van der Waals surface area contributed by atoms with E-state index < -0.39 is 12.0 Å². The summed E-state index contributed by atoms with van der Waals surface area (Å²) in [6, 6.07) is 8.21. The van der Waals surface area contributed by atoms with Gasteiger partial charge in [-0.3, -0.25) is 9.69 Å². The molecule has 0 aliphatic carbocycles. The summed E-state index contributed by atoms with van der Waals surface area (Å²) in [7, 11) is 0. The quantitative estimate of drug-likeness (QED) is 0.770. The Morgan fingerprint density at radius 3 is 2.61 bits per heavy atom. The molecular formula is C12H12N2O3S. The molecule has 0 aromatic heterocycles. The van der Waals surface area contributed by atoms with Gasteiger partial charge in [-0.1, -0.05) is 30.3 Å². The second-order valence-corrected chi connectivity index (χ2v) is 4.35. The van der Waals surface area contributed by atoms with E-state index in [0.29, 0.717) is 0 Å². The average Bonchev–Trinajstić information content (AvgIpc) is 2.67. The summed E-state index contributed by atoms with van der Waals surface area (Å²) in [5.41, 5.74) is 0.854. The van der Waals surface area contributed by atoms with E-state index in [1.165, 1.54) is 0 Å². The van der Waals surface area contributed by atoms with Crippen LogP contribution in [0.2, 0.25) is 0 Å². The van der Waals surface area contributed by atoms with Crippen LogP contribution in [0.3, 0.4) is 0 Å². The molecule has 1 heterocycles. The first kappa shape index (κ1) is 12.5. The van der Waals surface area contributed by atoms with Crippen LogP contribution in [0.25, 0.3) is 0 Å². The monoisotopic (exact) mass is 264 g/mol. The van der Waals surface area contributed by atoms with Crippen LogP contribution >= 0.6 is 12.2 Å². The molecule has 0 spiro atoms. The van der Waals surface area contributed by atoms with Gasteiger partial charge in [0.05, 0.1) is 6.54 Å². The Hall–Kier alpha value is -1.95. The molecule has 1 amide bonds. The number of carbonyl (C=O) groups is 2. The van der Waals surface area contributed by atoms with Crippen LogP contribution in [0.4, 0.5) is 0 Å². The van der Waals surface area contributed by atoms with Crippen molar-refractivity contribution in [2.45, 2.75) is 12.5 Å². The van der Waals surface area contributed by atoms with Gasteiger partial charge in [-0.2, -0.15) is 0 Å². The lowest BCUT2D eigenvalue weighted by Gasteiger charge is -2.23. The highest BCUT2D eigenvalue weighted by molar-refractivity contribution is 7.80. The molecule has 1 aliphatic rings. The van der Waals surface area contributed by atoms with E-state index in [4.69, 9.17) is 12.2 Å². The van der Waals surface area contributed by atoms with Crippen molar-refractivity contribution in [3.8, 4) is 0 Å². The minimum atomic E-state index is -1.06. The van der Waals surface area contributed by atoms with Gasteiger partial charge in [-0.15, -0.1) is 0 Å². The second-order valence-electron chi connectivity index (χ2n) is 3.97. The van der Waals surface area contributed by atoms with E-state index >= 15 is 0 Å². The smallest absolute Gasteiger partial charge is 0.327 e. The highest BCUT2D eigenvalue weighted by Gasteiger charge is 2.36. The average molecular weight is 264 g/mol. The van der Waals surface area contributed by atoms with Crippen molar-refractivity contribution in [2.75, 3.05) is 6.54 Å². The molecule has 0 radical (unpaired) electrons. The predicted octanol–water partition coefficient (Wildman–Crippen LogP) is 0.399. The van der Waals surface area contributed by atoms with Crippen molar-refractivity contribution < 1.29 is 14.7 Å². The maximum absolute atomic E-state index is 11.6. The predicted molar refractivity (Wildman–Crippen MR) is 69.0 cm³/mol. The van der Waals surface area contributed by atoms with Crippen molar-refractivity contribution in [1.29, 1.82) is 0 Å². The van der Waals surface area contributed by atoms with E-state index in [1.54, 1.807) is 0 Å². The van der Waals surface area contributed by atoms with Crippen LogP contribution in [-0.4, -0.2) is 39.6 Å². The van der Waals surface area contributed by atoms with Gasteiger partial charge in [0, 0.05) is 6.42 Å². The number of carboxylic acid groups (broad SMARTS) is 1. The fourth-order valence-electron chi connectivity index (χ4n) is 1.88. The molecule has 0 bridgehead atoms. The van der Waals surface area contributed by atoms with Gasteiger partial charge < -0.3 is 10.4 Å². The van der Waals surface area contributed by atoms with Gasteiger partial charge >= 0.3 is 5.97 Å². The third-order valence-corrected chi connectivity index (χ3v) is 3.09. The number of rotatable bonds is 4. The van der Waals surface area contributed by atoms with Crippen molar-refractivity contribution in [2.24, 2.45) is 0 Å². The summed E-state index contributed by atoms with van der Waals surface area (Å²) < 4.78 is 0. The fraction of sp³-hybridized carbons (Fsp3) is 0.250. The molecule has 2 rings (SSSR count). The first-order chi connectivity index (χ1) is 8.59. The lowest BCUT2D eigenvalue weighted by atomic mass is 10.1.